The summed E-state index contributed by atoms with van der Waals surface area (Å²) in [5, 5.41) is 0. The number of halogens is 3. The van der Waals surface area contributed by atoms with Crippen LogP contribution in [0.25, 0.3) is 0 Å². The van der Waals surface area contributed by atoms with Crippen LogP contribution in [-0.4, -0.2) is 29.4 Å². The molecule has 26 heavy (non-hydrogen) atoms. The largest absolute Gasteiger partial charge is 0.469 e. The van der Waals surface area contributed by atoms with Gasteiger partial charge in [-0.1, -0.05) is 0 Å². The number of nitrogens with two attached hydrogens (primary N) is 1. The van der Waals surface area contributed by atoms with Crippen LogP contribution >= 0.6 is 15.9 Å². The molecule has 0 spiro atoms. The molecule has 1 atom stereocenters. The van der Waals surface area contributed by atoms with Gasteiger partial charge in [-0.05, 0) is 60.5 Å². The molecule has 1 aromatic heterocycles. The standard InChI is InChI=1S/C18H21BrF2N4O/c1-5-25(4)18(22)24-16-9-15(19)17(23-10(16)2)26-11(3)12-6-13(20)8-14(21)7-12/h6-9,11H,5H2,1-4H3,(H2,22,24). The van der Waals surface area contributed by atoms with Crippen LogP contribution in [0.4, 0.5) is 14.5 Å². The van der Waals surface area contributed by atoms with Crippen molar-refractivity contribution in [3.8, 4) is 5.88 Å². The second-order valence-electron chi connectivity index (χ2n) is 5.83. The Morgan fingerprint density at radius 1 is 1.31 bits per heavy atom. The Bertz CT molecular complexity index is 809. The Morgan fingerprint density at radius 2 is 1.92 bits per heavy atom. The van der Waals surface area contributed by atoms with Crippen molar-refractivity contribution < 1.29 is 13.5 Å². The summed E-state index contributed by atoms with van der Waals surface area (Å²) in [6.07, 6.45) is -0.589. The number of guanidine groups is 1. The van der Waals surface area contributed by atoms with Crippen molar-refractivity contribution in [2.24, 2.45) is 10.7 Å². The normalized spacial score (nSPS) is 12.8. The van der Waals surface area contributed by atoms with Gasteiger partial charge in [0, 0.05) is 19.7 Å². The third-order valence-electron chi connectivity index (χ3n) is 3.85. The molecule has 0 aliphatic heterocycles. The summed E-state index contributed by atoms with van der Waals surface area (Å²) in [5.74, 6) is -0.625. The second-order valence-corrected chi connectivity index (χ2v) is 6.68. The van der Waals surface area contributed by atoms with E-state index in [1.807, 2.05) is 14.0 Å². The molecule has 0 saturated carbocycles. The molecule has 5 nitrogen and oxygen atoms in total. The predicted octanol–water partition coefficient (Wildman–Crippen LogP) is 4.47. The van der Waals surface area contributed by atoms with Crippen LogP contribution in [0.5, 0.6) is 5.88 Å². The van der Waals surface area contributed by atoms with E-state index < -0.39 is 17.7 Å². The van der Waals surface area contributed by atoms with Crippen LogP contribution in [0.2, 0.25) is 0 Å². The summed E-state index contributed by atoms with van der Waals surface area (Å²) in [6, 6.07) is 5.02. The number of aromatic nitrogens is 1. The number of rotatable bonds is 5. The lowest BCUT2D eigenvalue weighted by atomic mass is 10.1. The first-order chi connectivity index (χ1) is 12.2. The van der Waals surface area contributed by atoms with E-state index in [1.165, 1.54) is 12.1 Å². The molecular weight excluding hydrogens is 406 g/mol. The maximum Gasteiger partial charge on any atom is 0.228 e. The number of aryl methyl sites for hydroxylation is 1. The van der Waals surface area contributed by atoms with Gasteiger partial charge in [-0.15, -0.1) is 0 Å². The van der Waals surface area contributed by atoms with Crippen LogP contribution in [0, 0.1) is 18.6 Å². The minimum Gasteiger partial charge on any atom is -0.469 e. The highest BCUT2D eigenvalue weighted by molar-refractivity contribution is 9.10. The van der Waals surface area contributed by atoms with Gasteiger partial charge in [0.05, 0.1) is 15.9 Å². The smallest absolute Gasteiger partial charge is 0.228 e. The zero-order valence-corrected chi connectivity index (χ0v) is 16.6. The fourth-order valence-electron chi connectivity index (χ4n) is 2.16. The molecule has 2 N–H and O–H groups in total. The monoisotopic (exact) mass is 426 g/mol. The number of pyridine rings is 1. The van der Waals surface area contributed by atoms with Crippen molar-refractivity contribution in [3.63, 3.8) is 0 Å². The lowest BCUT2D eigenvalue weighted by molar-refractivity contribution is 0.214. The van der Waals surface area contributed by atoms with Crippen LogP contribution in [-0.2, 0) is 0 Å². The lowest BCUT2D eigenvalue weighted by Crippen LogP contribution is -2.33. The van der Waals surface area contributed by atoms with Gasteiger partial charge >= 0.3 is 0 Å². The summed E-state index contributed by atoms with van der Waals surface area (Å²) in [6.45, 7) is 6.17. The molecule has 2 rings (SSSR count). The Morgan fingerprint density at radius 3 is 2.50 bits per heavy atom. The van der Waals surface area contributed by atoms with Crippen LogP contribution in [0.1, 0.15) is 31.2 Å². The SMILES string of the molecule is CCN(C)C(N)=Nc1cc(Br)c(OC(C)c2cc(F)cc(F)c2)nc1C. The van der Waals surface area contributed by atoms with Gasteiger partial charge < -0.3 is 15.4 Å². The highest BCUT2D eigenvalue weighted by Crippen LogP contribution is 2.32. The Hall–Kier alpha value is -2.22. The lowest BCUT2D eigenvalue weighted by Gasteiger charge is -2.18. The molecule has 1 aromatic carbocycles. The topological polar surface area (TPSA) is 63.7 Å². The summed E-state index contributed by atoms with van der Waals surface area (Å²) in [7, 11) is 1.84. The first-order valence-corrected chi connectivity index (χ1v) is 8.85. The zero-order chi connectivity index (χ0) is 19.4. The molecule has 8 heteroatoms. The van der Waals surface area contributed by atoms with Crippen LogP contribution in [0.15, 0.2) is 33.7 Å². The minimum atomic E-state index is -0.654. The third-order valence-corrected chi connectivity index (χ3v) is 4.42. The second kappa shape index (κ2) is 8.44. The summed E-state index contributed by atoms with van der Waals surface area (Å²) in [5.41, 5.74) is 7.53. The molecule has 0 aliphatic carbocycles. The van der Waals surface area contributed by atoms with Crippen molar-refractivity contribution >= 4 is 27.6 Å². The molecule has 0 radical (unpaired) electrons. The Balaban J connectivity index is 2.27. The highest BCUT2D eigenvalue weighted by Gasteiger charge is 2.15. The van der Waals surface area contributed by atoms with Crippen molar-refractivity contribution in [1.82, 2.24) is 9.88 Å². The number of benzene rings is 1. The summed E-state index contributed by atoms with van der Waals surface area (Å²) < 4.78 is 33.1. The van der Waals surface area contributed by atoms with Gasteiger partial charge in [-0.3, -0.25) is 0 Å². The number of nitrogens with zero attached hydrogens (tertiary/aromatic N) is 3. The average Bonchev–Trinajstić information content (AvgIpc) is 2.57. The predicted molar refractivity (Wildman–Crippen MR) is 102 cm³/mol. The highest BCUT2D eigenvalue weighted by atomic mass is 79.9. The maximum atomic E-state index is 13.4. The maximum absolute atomic E-state index is 13.4. The van der Waals surface area contributed by atoms with Gasteiger partial charge in [0.25, 0.3) is 0 Å². The fraction of sp³-hybridized carbons (Fsp3) is 0.333. The van der Waals surface area contributed by atoms with Gasteiger partial charge in [0.15, 0.2) is 5.96 Å². The van der Waals surface area contributed by atoms with E-state index in [1.54, 1.807) is 24.8 Å². The summed E-state index contributed by atoms with van der Waals surface area (Å²) >= 11 is 3.40. The van der Waals surface area contributed by atoms with Crippen molar-refractivity contribution in [2.75, 3.05) is 13.6 Å². The first-order valence-electron chi connectivity index (χ1n) is 8.06. The number of ether oxygens (including phenoxy) is 1. The molecule has 0 fully saturated rings. The molecule has 0 bridgehead atoms. The number of hydrogen-bond acceptors (Lipinski definition) is 3. The third kappa shape index (κ3) is 4.91. The van der Waals surface area contributed by atoms with Crippen molar-refractivity contribution in [1.29, 1.82) is 0 Å². The van der Waals surface area contributed by atoms with E-state index >= 15 is 0 Å². The van der Waals surface area contributed by atoms with E-state index in [9.17, 15) is 8.78 Å². The van der Waals surface area contributed by atoms with Gasteiger partial charge in [-0.25, -0.2) is 18.8 Å². The van der Waals surface area contributed by atoms with Crippen molar-refractivity contribution in [3.05, 3.63) is 51.6 Å². The molecule has 1 unspecified atom stereocenters. The van der Waals surface area contributed by atoms with Gasteiger partial charge in [-0.2, -0.15) is 0 Å². The Kier molecular flexibility index (Phi) is 6.52. The molecule has 1 heterocycles. The van der Waals surface area contributed by atoms with E-state index in [4.69, 9.17) is 10.5 Å². The fourth-order valence-corrected chi connectivity index (χ4v) is 2.56. The first kappa shape index (κ1) is 20.1. The van der Waals surface area contributed by atoms with E-state index in [0.717, 1.165) is 12.6 Å². The molecule has 0 amide bonds. The molecule has 0 saturated heterocycles. The Labute approximate surface area is 160 Å². The van der Waals surface area contributed by atoms with Crippen molar-refractivity contribution in [2.45, 2.75) is 26.9 Å². The van der Waals surface area contributed by atoms with Crippen LogP contribution in [0.3, 0.4) is 0 Å². The minimum absolute atomic E-state index is 0.307. The van der Waals surface area contributed by atoms with E-state index in [0.29, 0.717) is 33.3 Å². The zero-order valence-electron chi connectivity index (χ0n) is 15.1. The number of hydrogen-bond donors (Lipinski definition) is 1. The van der Waals surface area contributed by atoms with E-state index in [-0.39, 0.29) is 0 Å². The quantitative estimate of drug-likeness (QED) is 0.565. The van der Waals surface area contributed by atoms with E-state index in [2.05, 4.69) is 25.9 Å². The molecule has 0 aliphatic rings. The molecule has 2 aromatic rings. The van der Waals surface area contributed by atoms with Gasteiger partial charge in [0.2, 0.25) is 5.88 Å². The molecule has 140 valence electrons. The van der Waals surface area contributed by atoms with Gasteiger partial charge in [0.1, 0.15) is 17.7 Å². The summed E-state index contributed by atoms with van der Waals surface area (Å²) in [4.78, 5) is 10.6. The number of aliphatic imine (C=N–C) groups is 1. The van der Waals surface area contributed by atoms with Crippen LogP contribution < -0.4 is 10.5 Å². The average molecular weight is 427 g/mol. The molecular formula is C18H21BrF2N4O.